The molecule has 0 unspecified atom stereocenters. The molecule has 104 valence electrons. The summed E-state index contributed by atoms with van der Waals surface area (Å²) >= 11 is 0. The number of carbonyl (C=O) groups excluding carboxylic acids is 1. The van der Waals surface area contributed by atoms with Gasteiger partial charge in [-0.2, -0.15) is 0 Å². The van der Waals surface area contributed by atoms with E-state index in [0.29, 0.717) is 0 Å². The Bertz CT molecular complexity index is 657. The Hall–Kier alpha value is -1.90. The topological polar surface area (TPSA) is 33.2 Å². The number of ketones is 1. The van der Waals surface area contributed by atoms with Gasteiger partial charge in [0.2, 0.25) is 0 Å². The van der Waals surface area contributed by atoms with Crippen molar-refractivity contribution in [2.45, 2.75) is 33.1 Å². The van der Waals surface area contributed by atoms with Crippen molar-refractivity contribution in [3.05, 3.63) is 35.4 Å². The van der Waals surface area contributed by atoms with Crippen molar-refractivity contribution in [2.24, 2.45) is 0 Å². The van der Waals surface area contributed by atoms with E-state index in [1.54, 1.807) is 6.92 Å². The van der Waals surface area contributed by atoms with Gasteiger partial charge in [0, 0.05) is 18.5 Å². The average molecular weight is 268 g/mol. The minimum Gasteiger partial charge on any atom is -0.356 e. The zero-order valence-corrected chi connectivity index (χ0v) is 12.1. The lowest BCUT2D eigenvalue weighted by Gasteiger charge is -2.30. The summed E-state index contributed by atoms with van der Waals surface area (Å²) < 4.78 is 0. The number of benzene rings is 1. The Morgan fingerprint density at radius 1 is 1.15 bits per heavy atom. The quantitative estimate of drug-likeness (QED) is 0.778. The van der Waals surface area contributed by atoms with Crippen LogP contribution in [0.15, 0.2) is 24.3 Å². The Balaban J connectivity index is 2.23. The highest BCUT2D eigenvalue weighted by molar-refractivity contribution is 6.04. The molecule has 1 aromatic heterocycles. The Morgan fingerprint density at radius 2 is 1.85 bits per heavy atom. The van der Waals surface area contributed by atoms with Crippen LogP contribution in [0.5, 0.6) is 0 Å². The van der Waals surface area contributed by atoms with E-state index in [9.17, 15) is 4.79 Å². The van der Waals surface area contributed by atoms with E-state index in [-0.39, 0.29) is 5.78 Å². The van der Waals surface area contributed by atoms with Crippen LogP contribution in [0.3, 0.4) is 0 Å². The summed E-state index contributed by atoms with van der Waals surface area (Å²) in [5.41, 5.74) is 2.84. The summed E-state index contributed by atoms with van der Waals surface area (Å²) in [6.07, 6.45) is 3.65. The highest BCUT2D eigenvalue weighted by atomic mass is 16.1. The lowest BCUT2D eigenvalue weighted by Crippen LogP contribution is -2.31. The van der Waals surface area contributed by atoms with Crippen molar-refractivity contribution in [1.29, 1.82) is 0 Å². The normalized spacial score (nSPS) is 15.6. The van der Waals surface area contributed by atoms with Crippen LogP contribution in [0.25, 0.3) is 10.9 Å². The largest absolute Gasteiger partial charge is 0.356 e. The maximum atomic E-state index is 12.1. The minimum absolute atomic E-state index is 0.112. The zero-order chi connectivity index (χ0) is 14.1. The number of carbonyl (C=O) groups is 1. The average Bonchev–Trinajstić information content (AvgIpc) is 2.47. The predicted octanol–water partition coefficient (Wildman–Crippen LogP) is 3.74. The van der Waals surface area contributed by atoms with E-state index in [2.05, 4.69) is 4.90 Å². The standard InChI is InChI=1S/C17H20N2O/c1-12-14-8-4-5-9-15(14)18-17(16(12)13(2)20)19-10-6-3-7-11-19/h4-5,8-9H,3,6-7,10-11H2,1-2H3. The van der Waals surface area contributed by atoms with Crippen molar-refractivity contribution >= 4 is 22.5 Å². The smallest absolute Gasteiger partial charge is 0.163 e. The number of rotatable bonds is 2. The number of hydrogen-bond donors (Lipinski definition) is 0. The molecule has 0 atom stereocenters. The SMILES string of the molecule is CC(=O)c1c(N2CCCCC2)nc2ccccc2c1C. The van der Waals surface area contributed by atoms with Gasteiger partial charge in [-0.05, 0) is 44.7 Å². The van der Waals surface area contributed by atoms with Crippen molar-refractivity contribution in [3.63, 3.8) is 0 Å². The van der Waals surface area contributed by atoms with Gasteiger partial charge in [-0.1, -0.05) is 18.2 Å². The van der Waals surface area contributed by atoms with E-state index >= 15 is 0 Å². The number of aromatic nitrogens is 1. The van der Waals surface area contributed by atoms with E-state index < -0.39 is 0 Å². The van der Waals surface area contributed by atoms with Crippen molar-refractivity contribution in [2.75, 3.05) is 18.0 Å². The molecule has 1 aliphatic heterocycles. The molecule has 0 bridgehead atoms. The molecule has 1 fully saturated rings. The van der Waals surface area contributed by atoms with Gasteiger partial charge < -0.3 is 4.90 Å². The van der Waals surface area contributed by atoms with Crippen LogP contribution in [0, 0.1) is 6.92 Å². The Labute approximate surface area is 119 Å². The van der Waals surface area contributed by atoms with Gasteiger partial charge in [0.05, 0.1) is 11.1 Å². The first-order valence-electron chi connectivity index (χ1n) is 7.33. The fourth-order valence-corrected chi connectivity index (χ4v) is 3.12. The minimum atomic E-state index is 0.112. The first-order valence-corrected chi connectivity index (χ1v) is 7.33. The van der Waals surface area contributed by atoms with Crippen molar-refractivity contribution < 1.29 is 4.79 Å². The molecule has 2 heterocycles. The molecule has 3 rings (SSSR count). The third-order valence-electron chi connectivity index (χ3n) is 4.14. The molecular weight excluding hydrogens is 248 g/mol. The number of hydrogen-bond acceptors (Lipinski definition) is 3. The van der Waals surface area contributed by atoms with Crippen LogP contribution in [0.4, 0.5) is 5.82 Å². The van der Waals surface area contributed by atoms with E-state index in [1.165, 1.54) is 19.3 Å². The lowest BCUT2D eigenvalue weighted by atomic mass is 10.00. The maximum Gasteiger partial charge on any atom is 0.163 e. The van der Waals surface area contributed by atoms with E-state index in [0.717, 1.165) is 40.9 Å². The molecule has 0 radical (unpaired) electrons. The second-order valence-corrected chi connectivity index (χ2v) is 5.56. The number of anilines is 1. The molecule has 1 aromatic carbocycles. The molecule has 3 nitrogen and oxygen atoms in total. The van der Waals surface area contributed by atoms with Gasteiger partial charge in [-0.25, -0.2) is 4.98 Å². The number of aryl methyl sites for hydroxylation is 1. The maximum absolute atomic E-state index is 12.1. The molecule has 1 saturated heterocycles. The first-order chi connectivity index (χ1) is 9.68. The van der Waals surface area contributed by atoms with Crippen LogP contribution in [-0.2, 0) is 0 Å². The molecular formula is C17H20N2O. The van der Waals surface area contributed by atoms with Gasteiger partial charge >= 0.3 is 0 Å². The van der Waals surface area contributed by atoms with Crippen LogP contribution < -0.4 is 4.90 Å². The molecule has 0 saturated carbocycles. The molecule has 3 heteroatoms. The van der Waals surface area contributed by atoms with Gasteiger partial charge in [0.25, 0.3) is 0 Å². The molecule has 0 N–H and O–H groups in total. The van der Waals surface area contributed by atoms with Crippen LogP contribution in [0.1, 0.15) is 42.1 Å². The van der Waals surface area contributed by atoms with Crippen molar-refractivity contribution in [1.82, 2.24) is 4.98 Å². The van der Waals surface area contributed by atoms with Gasteiger partial charge in [-0.3, -0.25) is 4.79 Å². The van der Waals surface area contributed by atoms with E-state index in [4.69, 9.17) is 4.98 Å². The fourth-order valence-electron chi connectivity index (χ4n) is 3.12. The second kappa shape index (κ2) is 5.23. The molecule has 1 aliphatic rings. The third-order valence-corrected chi connectivity index (χ3v) is 4.14. The number of piperidine rings is 1. The van der Waals surface area contributed by atoms with Gasteiger partial charge in [-0.15, -0.1) is 0 Å². The molecule has 0 aliphatic carbocycles. The van der Waals surface area contributed by atoms with Crippen LogP contribution in [-0.4, -0.2) is 23.9 Å². The lowest BCUT2D eigenvalue weighted by molar-refractivity contribution is 0.101. The van der Waals surface area contributed by atoms with Crippen molar-refractivity contribution in [3.8, 4) is 0 Å². The number of fused-ring (bicyclic) bond motifs is 1. The Morgan fingerprint density at radius 3 is 2.55 bits per heavy atom. The van der Waals surface area contributed by atoms with E-state index in [1.807, 2.05) is 31.2 Å². The van der Waals surface area contributed by atoms with Crippen LogP contribution >= 0.6 is 0 Å². The molecule has 20 heavy (non-hydrogen) atoms. The monoisotopic (exact) mass is 268 g/mol. The van der Waals surface area contributed by atoms with Gasteiger partial charge in [0.1, 0.15) is 5.82 Å². The summed E-state index contributed by atoms with van der Waals surface area (Å²) in [6.45, 7) is 5.69. The first kappa shape index (κ1) is 13.1. The number of pyridine rings is 1. The molecule has 0 amide bonds. The summed E-state index contributed by atoms with van der Waals surface area (Å²) in [5, 5.41) is 1.08. The summed E-state index contributed by atoms with van der Waals surface area (Å²) in [5.74, 6) is 0.995. The predicted molar refractivity (Wildman–Crippen MR) is 82.5 cm³/mol. The summed E-state index contributed by atoms with van der Waals surface area (Å²) in [4.78, 5) is 19.2. The second-order valence-electron chi connectivity index (χ2n) is 5.56. The third kappa shape index (κ3) is 2.17. The highest BCUT2D eigenvalue weighted by Crippen LogP contribution is 2.30. The Kier molecular flexibility index (Phi) is 3.43. The van der Waals surface area contributed by atoms with Gasteiger partial charge in [0.15, 0.2) is 5.78 Å². The summed E-state index contributed by atoms with van der Waals surface area (Å²) in [6, 6.07) is 8.08. The van der Waals surface area contributed by atoms with Crippen LogP contribution in [0.2, 0.25) is 0 Å². The summed E-state index contributed by atoms with van der Waals surface area (Å²) in [7, 11) is 0. The number of nitrogens with zero attached hydrogens (tertiary/aromatic N) is 2. The molecule has 0 spiro atoms. The fraction of sp³-hybridized carbons (Fsp3) is 0.412. The molecule has 2 aromatic rings. The zero-order valence-electron chi connectivity index (χ0n) is 12.1. The number of Topliss-reactive ketones (excluding diaryl/α,β-unsaturated/α-hetero) is 1. The highest BCUT2D eigenvalue weighted by Gasteiger charge is 2.21. The number of para-hydroxylation sites is 1.